The molecule has 3 aliphatic carbocycles. The van der Waals surface area contributed by atoms with Gasteiger partial charge < -0.3 is 10.1 Å². The normalized spacial score (nSPS) is 26.4. The smallest absolute Gasteiger partial charge is 0.327 e. The largest absolute Gasteiger partial charge is 0.480 e. The summed E-state index contributed by atoms with van der Waals surface area (Å²) < 4.78 is 0. The minimum absolute atomic E-state index is 0.00147. The van der Waals surface area contributed by atoms with Gasteiger partial charge in [0, 0.05) is 30.1 Å². The molecule has 3 unspecified atom stereocenters. The van der Waals surface area contributed by atoms with Crippen molar-refractivity contribution in [3.63, 3.8) is 0 Å². The van der Waals surface area contributed by atoms with E-state index < -0.39 is 23.8 Å². The highest BCUT2D eigenvalue weighted by atomic mass is 16.4. The second-order valence-corrected chi connectivity index (χ2v) is 8.45. The van der Waals surface area contributed by atoms with E-state index in [-0.39, 0.29) is 30.1 Å². The summed E-state index contributed by atoms with van der Waals surface area (Å²) >= 11 is 0. The van der Waals surface area contributed by atoms with E-state index in [9.17, 15) is 19.5 Å². The number of carbonyl (C=O) groups excluding carboxylic acids is 2. The number of benzene rings is 2. The first-order chi connectivity index (χ1) is 15.1. The first-order valence-electron chi connectivity index (χ1n) is 10.3. The topological polar surface area (TPSA) is 103 Å². The van der Waals surface area contributed by atoms with E-state index in [1.54, 1.807) is 0 Å². The number of hydrogen-bond acceptors (Lipinski definition) is 4. The number of likely N-dealkylation sites (tertiary alicyclic amines) is 1. The fraction of sp³-hybridized carbons (Fsp3) is 0.250. The number of nitrogens with one attached hydrogen (secondary N) is 1. The summed E-state index contributed by atoms with van der Waals surface area (Å²) in [6.07, 6.45) is 2.97. The summed E-state index contributed by atoms with van der Waals surface area (Å²) in [6, 6.07) is 14.7. The van der Waals surface area contributed by atoms with Crippen molar-refractivity contribution in [3.8, 4) is 0 Å². The highest BCUT2D eigenvalue weighted by molar-refractivity contribution is 6.10. The summed E-state index contributed by atoms with van der Waals surface area (Å²) in [5, 5.41) is 9.92. The SMILES string of the molecule is O=C(O)C(Cc1cnc[nH]1)N1C(=O)C2C3c4ccccc4C(c4ccccc43)C2C1=O. The van der Waals surface area contributed by atoms with Crippen LogP contribution in [0.15, 0.2) is 61.1 Å². The molecule has 4 aliphatic rings. The fourth-order valence-electron chi connectivity index (χ4n) is 5.90. The average Bonchev–Trinajstić information content (AvgIpc) is 3.39. The van der Waals surface area contributed by atoms with Crippen LogP contribution in [0.25, 0.3) is 0 Å². The van der Waals surface area contributed by atoms with Crippen LogP contribution in [0, 0.1) is 11.8 Å². The van der Waals surface area contributed by atoms with Crippen LogP contribution in [0.4, 0.5) is 0 Å². The van der Waals surface area contributed by atoms with Crippen molar-refractivity contribution in [3.05, 3.63) is 89.0 Å². The van der Waals surface area contributed by atoms with E-state index >= 15 is 0 Å². The zero-order chi connectivity index (χ0) is 21.3. The van der Waals surface area contributed by atoms with Gasteiger partial charge in [0.25, 0.3) is 0 Å². The summed E-state index contributed by atoms with van der Waals surface area (Å²) in [6.45, 7) is 0. The first kappa shape index (κ1) is 18.1. The summed E-state index contributed by atoms with van der Waals surface area (Å²) in [7, 11) is 0. The summed E-state index contributed by atoms with van der Waals surface area (Å²) in [5.41, 5.74) is 4.83. The third-order valence-corrected chi connectivity index (χ3v) is 7.05. The van der Waals surface area contributed by atoms with Crippen LogP contribution in [-0.2, 0) is 20.8 Å². The maximum Gasteiger partial charge on any atom is 0.327 e. The molecule has 7 nitrogen and oxygen atoms in total. The van der Waals surface area contributed by atoms with Gasteiger partial charge in [0.1, 0.15) is 6.04 Å². The Morgan fingerprint density at radius 1 is 0.935 bits per heavy atom. The molecule has 31 heavy (non-hydrogen) atoms. The number of imide groups is 1. The number of aromatic amines is 1. The van der Waals surface area contributed by atoms with Crippen LogP contribution in [0.3, 0.4) is 0 Å². The van der Waals surface area contributed by atoms with Crippen LogP contribution in [0.1, 0.15) is 39.8 Å². The number of carboxylic acid groups (broad SMARTS) is 1. The van der Waals surface area contributed by atoms with E-state index in [0.717, 1.165) is 27.2 Å². The fourth-order valence-corrected chi connectivity index (χ4v) is 5.90. The van der Waals surface area contributed by atoms with Gasteiger partial charge in [-0.25, -0.2) is 9.78 Å². The molecule has 0 radical (unpaired) electrons. The highest BCUT2D eigenvalue weighted by Crippen LogP contribution is 2.61. The number of carboxylic acids is 1. The molecule has 2 N–H and O–H groups in total. The average molecular weight is 413 g/mol. The number of H-pyrrole nitrogens is 1. The van der Waals surface area contributed by atoms with Crippen molar-refractivity contribution in [2.24, 2.45) is 11.8 Å². The predicted octanol–water partition coefficient (Wildman–Crippen LogP) is 2.30. The van der Waals surface area contributed by atoms with Crippen molar-refractivity contribution in [1.29, 1.82) is 0 Å². The molecular formula is C24H19N3O4. The Bertz CT molecular complexity index is 1120. The lowest BCUT2D eigenvalue weighted by Crippen LogP contribution is -2.47. The number of hydrogen-bond donors (Lipinski definition) is 2. The molecule has 2 bridgehead atoms. The number of aromatic nitrogens is 2. The number of carbonyl (C=O) groups is 3. The molecule has 1 fully saturated rings. The first-order valence-corrected chi connectivity index (χ1v) is 10.3. The molecule has 7 heteroatoms. The molecule has 1 saturated heterocycles. The van der Waals surface area contributed by atoms with Gasteiger partial charge in [-0.15, -0.1) is 0 Å². The Morgan fingerprint density at radius 2 is 1.42 bits per heavy atom. The van der Waals surface area contributed by atoms with E-state index in [4.69, 9.17) is 0 Å². The van der Waals surface area contributed by atoms with Gasteiger partial charge in [-0.05, 0) is 22.3 Å². The molecule has 7 rings (SSSR count). The molecule has 0 saturated carbocycles. The molecule has 2 amide bonds. The number of amides is 2. The molecule has 2 aromatic carbocycles. The number of imidazole rings is 1. The van der Waals surface area contributed by atoms with Crippen LogP contribution in [-0.4, -0.2) is 43.8 Å². The lowest BCUT2D eigenvalue weighted by Gasteiger charge is -2.45. The van der Waals surface area contributed by atoms with E-state index in [1.165, 1.54) is 12.5 Å². The molecule has 1 aliphatic heterocycles. The minimum atomic E-state index is -1.27. The van der Waals surface area contributed by atoms with Crippen molar-refractivity contribution in [2.45, 2.75) is 24.3 Å². The lowest BCUT2D eigenvalue weighted by atomic mass is 9.55. The van der Waals surface area contributed by atoms with Crippen LogP contribution < -0.4 is 0 Å². The zero-order valence-electron chi connectivity index (χ0n) is 16.4. The van der Waals surface area contributed by atoms with Crippen molar-refractivity contribution in [1.82, 2.24) is 14.9 Å². The maximum atomic E-state index is 13.6. The van der Waals surface area contributed by atoms with Crippen molar-refractivity contribution >= 4 is 17.8 Å². The number of nitrogens with zero attached hydrogens (tertiary/aromatic N) is 2. The van der Waals surface area contributed by atoms with Gasteiger partial charge in [-0.3, -0.25) is 14.5 Å². The molecule has 0 spiro atoms. The van der Waals surface area contributed by atoms with Gasteiger partial charge in [0.2, 0.25) is 11.8 Å². The monoisotopic (exact) mass is 413 g/mol. The third-order valence-electron chi connectivity index (χ3n) is 7.05. The molecular weight excluding hydrogens is 394 g/mol. The van der Waals surface area contributed by atoms with Gasteiger partial charge >= 0.3 is 5.97 Å². The maximum absolute atomic E-state index is 13.6. The number of rotatable bonds is 4. The summed E-state index contributed by atoms with van der Waals surface area (Å²) in [5.74, 6) is -3.62. The Hall–Kier alpha value is -3.74. The third kappa shape index (κ3) is 2.34. The van der Waals surface area contributed by atoms with Gasteiger partial charge in [0.15, 0.2) is 0 Å². The van der Waals surface area contributed by atoms with E-state index in [2.05, 4.69) is 9.97 Å². The van der Waals surface area contributed by atoms with Crippen LogP contribution in [0.2, 0.25) is 0 Å². The quantitative estimate of drug-likeness (QED) is 0.639. The van der Waals surface area contributed by atoms with Gasteiger partial charge in [-0.2, -0.15) is 0 Å². The Labute approximate surface area is 177 Å². The van der Waals surface area contributed by atoms with Crippen LogP contribution >= 0.6 is 0 Å². The zero-order valence-corrected chi connectivity index (χ0v) is 16.4. The number of aliphatic carboxylic acids is 1. The van der Waals surface area contributed by atoms with Gasteiger partial charge in [0.05, 0.1) is 18.2 Å². The van der Waals surface area contributed by atoms with E-state index in [0.29, 0.717) is 5.69 Å². The molecule has 3 atom stereocenters. The second kappa shape index (κ2) is 6.38. The highest BCUT2D eigenvalue weighted by Gasteiger charge is 2.63. The molecule has 1 aromatic heterocycles. The minimum Gasteiger partial charge on any atom is -0.480 e. The molecule has 2 heterocycles. The summed E-state index contributed by atoms with van der Waals surface area (Å²) in [4.78, 5) is 47.3. The standard InChI is InChI=1S/C24H19N3O4/c28-22-20-18-13-5-1-2-6-14(13)19(16-8-4-3-7-15(16)18)21(20)23(29)27(22)17(24(30)31)9-12-10-25-11-26-12/h1-8,10-11,17-21H,9H2,(H,25,26)(H,30,31). The van der Waals surface area contributed by atoms with Crippen molar-refractivity contribution < 1.29 is 19.5 Å². The van der Waals surface area contributed by atoms with Crippen molar-refractivity contribution in [2.75, 3.05) is 0 Å². The molecule has 3 aromatic rings. The Kier molecular flexibility index (Phi) is 3.72. The van der Waals surface area contributed by atoms with Crippen LogP contribution in [0.5, 0.6) is 0 Å². The Morgan fingerprint density at radius 3 is 1.81 bits per heavy atom. The second-order valence-electron chi connectivity index (χ2n) is 8.45. The van der Waals surface area contributed by atoms with E-state index in [1.807, 2.05) is 48.5 Å². The Balaban J connectivity index is 1.49. The lowest BCUT2D eigenvalue weighted by molar-refractivity contribution is -0.155. The van der Waals surface area contributed by atoms with Gasteiger partial charge in [-0.1, -0.05) is 48.5 Å². The predicted molar refractivity (Wildman–Crippen MR) is 109 cm³/mol. The molecule has 154 valence electrons.